The molecule has 2 aromatic carbocycles. The summed E-state index contributed by atoms with van der Waals surface area (Å²) in [6.45, 7) is 5.49. The van der Waals surface area contributed by atoms with Crippen LogP contribution in [0, 0.1) is 17.0 Å². The van der Waals surface area contributed by atoms with Crippen molar-refractivity contribution in [2.24, 2.45) is 5.41 Å². The average molecular weight is 805 g/mol. The number of aromatic amines is 1. The van der Waals surface area contributed by atoms with E-state index in [1.54, 1.807) is 12.1 Å². The minimum absolute atomic E-state index is 0.0131. The molecule has 2 aliphatic heterocycles. The molecule has 3 aliphatic rings. The van der Waals surface area contributed by atoms with Crippen LogP contribution in [-0.2, 0) is 16.8 Å². The van der Waals surface area contributed by atoms with Gasteiger partial charge in [0.05, 0.1) is 12.2 Å². The first-order chi connectivity index (χ1) is 27.5. The highest BCUT2D eigenvalue weighted by molar-refractivity contribution is 6.05. The summed E-state index contributed by atoms with van der Waals surface area (Å²) < 4.78 is 75.6. The summed E-state index contributed by atoms with van der Waals surface area (Å²) in [6.07, 6.45) is 0.214. The molecule has 1 aliphatic carbocycles. The molecule has 1 atom stereocenters. The van der Waals surface area contributed by atoms with E-state index in [-0.39, 0.29) is 71.6 Å². The Bertz CT molecular complexity index is 2400. The van der Waals surface area contributed by atoms with Crippen molar-refractivity contribution in [3.8, 4) is 22.6 Å². The molecule has 0 radical (unpaired) electrons. The third kappa shape index (κ3) is 7.18. The van der Waals surface area contributed by atoms with Gasteiger partial charge in [-0.1, -0.05) is 23.4 Å². The second-order valence-corrected chi connectivity index (χ2v) is 15.7. The first kappa shape index (κ1) is 38.7. The average Bonchev–Trinajstić information content (AvgIpc) is 3.84. The molecule has 302 valence electrons. The number of hydrogen-bond donors (Lipinski definition) is 3. The predicted molar refractivity (Wildman–Crippen MR) is 196 cm³/mol. The van der Waals surface area contributed by atoms with E-state index in [1.165, 1.54) is 35.5 Å². The molecule has 8 rings (SSSR count). The van der Waals surface area contributed by atoms with Crippen LogP contribution in [0.3, 0.4) is 0 Å². The Kier molecular flexibility index (Phi) is 9.60. The maximum absolute atomic E-state index is 15.5. The zero-order valence-corrected chi connectivity index (χ0v) is 31.5. The lowest BCUT2D eigenvalue weighted by molar-refractivity contribution is -0.182. The van der Waals surface area contributed by atoms with Crippen molar-refractivity contribution < 1.29 is 40.9 Å². The summed E-state index contributed by atoms with van der Waals surface area (Å²) >= 11 is 0. The van der Waals surface area contributed by atoms with Gasteiger partial charge in [-0.3, -0.25) is 29.8 Å². The molecule has 14 nitrogen and oxygen atoms in total. The number of imide groups is 1. The lowest BCUT2D eigenvalue weighted by atomic mass is 9.56. The van der Waals surface area contributed by atoms with Gasteiger partial charge in [0.15, 0.2) is 17.3 Å². The lowest BCUT2D eigenvalue weighted by Crippen LogP contribution is -2.61. The van der Waals surface area contributed by atoms with Gasteiger partial charge in [0.25, 0.3) is 5.91 Å². The molecule has 1 spiro atoms. The predicted octanol–water partition coefficient (Wildman–Crippen LogP) is 6.35. The van der Waals surface area contributed by atoms with Crippen molar-refractivity contribution in [2.75, 3.05) is 24.5 Å². The number of anilines is 1. The van der Waals surface area contributed by atoms with Gasteiger partial charge < -0.3 is 9.84 Å². The molecule has 5 aromatic rings. The standard InChI is InChI=1S/C39H37F5N10O4/c1-20(53-18-38(19-53)13-23(14-38)22-5-7-29(27(41)11-22)54-9-8-32(55)49-36(54)57)21-4-6-25(26(40)10-21)24-15-45-33(46-16-24)28-12-30(58-52-28)34(56)47-17-31-48-35(51-50-31)37(2,3)39(42,43)44/h4-7,10-12,15-16,20,23H,8-9,13-14,17-19H2,1-3H3,(H,47,56)(H,48,50,51)(H,49,55,57). The highest BCUT2D eigenvalue weighted by atomic mass is 19.4. The van der Waals surface area contributed by atoms with E-state index in [4.69, 9.17) is 4.52 Å². The van der Waals surface area contributed by atoms with Crippen LogP contribution in [0.25, 0.3) is 22.6 Å². The fraction of sp³-hybridized carbons (Fsp3) is 0.385. The topological polar surface area (TPSA) is 175 Å². The van der Waals surface area contributed by atoms with Crippen LogP contribution in [0.5, 0.6) is 0 Å². The largest absolute Gasteiger partial charge is 0.401 e. The Morgan fingerprint density at radius 3 is 2.45 bits per heavy atom. The lowest BCUT2D eigenvalue weighted by Gasteiger charge is -2.61. The Labute approximate surface area is 327 Å². The maximum Gasteiger partial charge on any atom is 0.401 e. The molecular weight excluding hydrogens is 767 g/mol. The zero-order valence-electron chi connectivity index (χ0n) is 31.5. The number of aromatic nitrogens is 6. The molecule has 1 unspecified atom stereocenters. The zero-order chi connectivity index (χ0) is 41.1. The number of carbonyl (C=O) groups excluding carboxylic acids is 3. The van der Waals surface area contributed by atoms with Crippen LogP contribution >= 0.6 is 0 Å². The summed E-state index contributed by atoms with van der Waals surface area (Å²) in [5, 5.41) is 14.6. The van der Waals surface area contributed by atoms with Crippen LogP contribution in [0.15, 0.2) is 59.4 Å². The Hall–Kier alpha value is -6.11. The third-order valence-corrected chi connectivity index (χ3v) is 11.4. The van der Waals surface area contributed by atoms with Crippen molar-refractivity contribution in [3.05, 3.63) is 95.0 Å². The van der Waals surface area contributed by atoms with Crippen LogP contribution in [0.4, 0.5) is 32.4 Å². The summed E-state index contributed by atoms with van der Waals surface area (Å²) in [6, 6.07) is 10.6. The number of nitrogens with zero attached hydrogens (tertiary/aromatic N) is 7. The smallest absolute Gasteiger partial charge is 0.350 e. The minimum atomic E-state index is -4.57. The molecule has 0 bridgehead atoms. The van der Waals surface area contributed by atoms with Gasteiger partial charge in [-0.2, -0.15) is 18.3 Å². The van der Waals surface area contributed by atoms with E-state index in [2.05, 4.69) is 45.8 Å². The van der Waals surface area contributed by atoms with E-state index >= 15 is 8.78 Å². The van der Waals surface area contributed by atoms with Gasteiger partial charge in [0.2, 0.25) is 11.7 Å². The molecule has 58 heavy (non-hydrogen) atoms. The number of nitrogens with one attached hydrogen (secondary N) is 3. The number of H-pyrrole nitrogens is 1. The van der Waals surface area contributed by atoms with Gasteiger partial charge in [-0.15, -0.1) is 0 Å². The van der Waals surface area contributed by atoms with E-state index in [0.29, 0.717) is 11.1 Å². The molecule has 19 heteroatoms. The molecule has 2 saturated heterocycles. The Balaban J connectivity index is 0.830. The minimum Gasteiger partial charge on any atom is -0.350 e. The second-order valence-electron chi connectivity index (χ2n) is 15.7. The van der Waals surface area contributed by atoms with Crippen molar-refractivity contribution in [3.63, 3.8) is 0 Å². The molecule has 4 amide bonds. The van der Waals surface area contributed by atoms with E-state index < -0.39 is 41.0 Å². The van der Waals surface area contributed by atoms with Gasteiger partial charge in [0, 0.05) is 61.7 Å². The van der Waals surface area contributed by atoms with Crippen molar-refractivity contribution in [1.29, 1.82) is 0 Å². The number of likely N-dealkylation sites (tertiary alicyclic amines) is 1. The van der Waals surface area contributed by atoms with Crippen molar-refractivity contribution in [2.45, 2.75) is 70.1 Å². The first-order valence-electron chi connectivity index (χ1n) is 18.5. The molecule has 3 fully saturated rings. The fourth-order valence-electron chi connectivity index (χ4n) is 7.71. The third-order valence-electron chi connectivity index (χ3n) is 11.4. The second kappa shape index (κ2) is 14.4. The van der Waals surface area contributed by atoms with Crippen LogP contribution < -0.4 is 15.5 Å². The van der Waals surface area contributed by atoms with Crippen LogP contribution in [0.1, 0.15) is 85.3 Å². The quantitative estimate of drug-likeness (QED) is 0.135. The highest BCUT2D eigenvalue weighted by Gasteiger charge is 2.54. The SMILES string of the molecule is CC(c1ccc(-c2cnc(-c3cc(C(=O)NCc4nc(C(C)(C)C(F)(F)F)n[nH]4)on3)nc2)c(F)c1)N1CC2(CC(c3ccc(N4CCC(=O)NC4=O)c(F)c3)C2)C1. The summed E-state index contributed by atoms with van der Waals surface area (Å²) in [5.41, 5.74) is 0.530. The van der Waals surface area contributed by atoms with E-state index in [9.17, 15) is 27.6 Å². The number of hydrogen-bond acceptors (Lipinski definition) is 10. The number of carbonyl (C=O) groups is 3. The van der Waals surface area contributed by atoms with Crippen molar-refractivity contribution >= 4 is 23.5 Å². The number of alkyl halides is 3. The van der Waals surface area contributed by atoms with Gasteiger partial charge in [-0.25, -0.2) is 28.5 Å². The number of rotatable bonds is 10. The number of urea groups is 1. The summed E-state index contributed by atoms with van der Waals surface area (Å²) in [7, 11) is 0. The molecule has 3 N–H and O–H groups in total. The Morgan fingerprint density at radius 2 is 1.78 bits per heavy atom. The van der Waals surface area contributed by atoms with E-state index in [0.717, 1.165) is 50.9 Å². The summed E-state index contributed by atoms with van der Waals surface area (Å²) in [4.78, 5) is 52.2. The molecular formula is C39H37F5N10O4. The molecule has 3 aromatic heterocycles. The molecule has 1 saturated carbocycles. The Morgan fingerprint density at radius 1 is 1.03 bits per heavy atom. The van der Waals surface area contributed by atoms with E-state index in [1.807, 2.05) is 19.1 Å². The number of amides is 4. The number of halogens is 5. The van der Waals surface area contributed by atoms with Crippen LogP contribution in [0.2, 0.25) is 0 Å². The highest BCUT2D eigenvalue weighted by Crippen LogP contribution is 2.57. The number of benzene rings is 2. The molecule has 5 heterocycles. The normalized spacial score (nSPS) is 17.8. The maximum atomic E-state index is 15.5. The summed E-state index contributed by atoms with van der Waals surface area (Å²) in [5.74, 6) is -2.36. The fourth-order valence-corrected chi connectivity index (χ4v) is 7.71. The van der Waals surface area contributed by atoms with Gasteiger partial charge >= 0.3 is 12.2 Å². The van der Waals surface area contributed by atoms with Gasteiger partial charge in [0.1, 0.15) is 22.9 Å². The van der Waals surface area contributed by atoms with Crippen LogP contribution in [-0.4, -0.2) is 78.9 Å². The van der Waals surface area contributed by atoms with Crippen molar-refractivity contribution in [1.82, 2.24) is 45.8 Å². The monoisotopic (exact) mass is 804 g/mol. The van der Waals surface area contributed by atoms with Gasteiger partial charge in [-0.05, 0) is 74.3 Å². The first-order valence-corrected chi connectivity index (χ1v) is 18.5.